The second kappa shape index (κ2) is 35.6. The van der Waals surface area contributed by atoms with Crippen LogP contribution in [-0.4, -0.2) is 59.3 Å². The summed E-state index contributed by atoms with van der Waals surface area (Å²) in [5.74, 6) is 5.98. The average molecular weight is 798 g/mol. The van der Waals surface area contributed by atoms with Crippen molar-refractivity contribution in [1.29, 1.82) is 0 Å². The molecular formula is C47H91NO4S2. The molecule has 0 heterocycles. The van der Waals surface area contributed by atoms with E-state index in [9.17, 15) is 14.4 Å². The van der Waals surface area contributed by atoms with Crippen molar-refractivity contribution in [2.75, 3.05) is 32.1 Å². The monoisotopic (exact) mass is 798 g/mol. The number of esters is 1. The molecule has 0 aliphatic heterocycles. The number of nitrogens with zero attached hydrogens (tertiary/aromatic N) is 1. The number of ether oxygens (including phenoxy) is 1. The number of hydrogen-bond donors (Lipinski definition) is 0. The minimum atomic E-state index is -0.0344. The fraction of sp³-hybridized carbons (Fsp3) is 0.936. The highest BCUT2D eigenvalue weighted by atomic mass is 32.2. The topological polar surface area (TPSA) is 63.7 Å². The Hall–Kier alpha value is -0.530. The van der Waals surface area contributed by atoms with Gasteiger partial charge in [0.15, 0.2) is 10.2 Å². The van der Waals surface area contributed by atoms with E-state index in [-0.39, 0.29) is 12.1 Å². The van der Waals surface area contributed by atoms with Gasteiger partial charge in [-0.25, -0.2) is 0 Å². The van der Waals surface area contributed by atoms with Gasteiger partial charge in [0.1, 0.15) is 6.10 Å². The zero-order chi connectivity index (χ0) is 40.6. The van der Waals surface area contributed by atoms with E-state index in [4.69, 9.17) is 4.74 Å². The maximum atomic E-state index is 12.6. The van der Waals surface area contributed by atoms with Crippen molar-refractivity contribution < 1.29 is 19.1 Å². The minimum Gasteiger partial charge on any atom is -0.462 e. The van der Waals surface area contributed by atoms with E-state index >= 15 is 0 Å². The fourth-order valence-electron chi connectivity index (χ4n) is 6.95. The van der Waals surface area contributed by atoms with Gasteiger partial charge in [-0.2, -0.15) is 0 Å². The quantitative estimate of drug-likeness (QED) is 0.0458. The van der Waals surface area contributed by atoms with Crippen LogP contribution >= 0.6 is 23.5 Å². The van der Waals surface area contributed by atoms with Gasteiger partial charge in [0.25, 0.3) is 0 Å². The van der Waals surface area contributed by atoms with Crippen LogP contribution in [0.1, 0.15) is 209 Å². The number of thioether (sulfide) groups is 2. The van der Waals surface area contributed by atoms with Gasteiger partial charge in [-0.15, -0.1) is 0 Å². The summed E-state index contributed by atoms with van der Waals surface area (Å²) in [6, 6.07) is 0. The first-order valence-corrected chi connectivity index (χ1v) is 24.8. The van der Waals surface area contributed by atoms with Gasteiger partial charge in [0.05, 0.1) is 0 Å². The standard InChI is InChI=1S/C47H91NO4S2/c1-38(2)31-33-42(40(5)6)36-53-46(50)29-23-19-15-11-13-17-21-26-44(52-45(49)28-25-35-48(9)10)27-22-18-14-12-16-20-24-30-47(51)54-37-43(41(7)8)34-32-39(3)4/h38-44H,11-37H2,1-10H3. The second-order valence-corrected chi connectivity index (χ2v) is 20.5. The zero-order valence-electron chi connectivity index (χ0n) is 37.5. The predicted molar refractivity (Wildman–Crippen MR) is 241 cm³/mol. The average Bonchev–Trinajstić information content (AvgIpc) is 3.09. The van der Waals surface area contributed by atoms with Gasteiger partial charge in [0, 0.05) is 30.8 Å². The molecule has 0 bridgehead atoms. The van der Waals surface area contributed by atoms with E-state index in [2.05, 4.69) is 60.3 Å². The summed E-state index contributed by atoms with van der Waals surface area (Å²) in [6.07, 6.45) is 26.0. The Balaban J connectivity index is 4.23. The molecule has 0 saturated heterocycles. The van der Waals surface area contributed by atoms with Gasteiger partial charge >= 0.3 is 5.97 Å². The van der Waals surface area contributed by atoms with Crippen molar-refractivity contribution >= 4 is 39.7 Å². The van der Waals surface area contributed by atoms with Crippen LogP contribution in [0.4, 0.5) is 0 Å². The third-order valence-corrected chi connectivity index (χ3v) is 13.4. The maximum Gasteiger partial charge on any atom is 0.306 e. The van der Waals surface area contributed by atoms with Crippen LogP contribution < -0.4 is 0 Å². The highest BCUT2D eigenvalue weighted by Gasteiger charge is 2.18. The largest absolute Gasteiger partial charge is 0.462 e. The summed E-state index contributed by atoms with van der Waals surface area (Å²) in [6.45, 7) is 19.2. The summed E-state index contributed by atoms with van der Waals surface area (Å²) in [5, 5.41) is 0.765. The molecule has 0 fully saturated rings. The Morgan fingerprint density at radius 1 is 0.463 bits per heavy atom. The first kappa shape index (κ1) is 53.5. The Labute approximate surface area is 345 Å². The summed E-state index contributed by atoms with van der Waals surface area (Å²) >= 11 is 3.16. The number of carbonyl (C=O) groups excluding carboxylic acids is 3. The summed E-state index contributed by atoms with van der Waals surface area (Å²) in [4.78, 5) is 39.7. The van der Waals surface area contributed by atoms with Crippen molar-refractivity contribution in [1.82, 2.24) is 4.90 Å². The van der Waals surface area contributed by atoms with Crippen molar-refractivity contribution in [3.63, 3.8) is 0 Å². The van der Waals surface area contributed by atoms with E-state index < -0.39 is 0 Å². The number of hydrogen-bond acceptors (Lipinski definition) is 7. The van der Waals surface area contributed by atoms with Crippen LogP contribution in [0.5, 0.6) is 0 Å². The molecule has 0 aromatic rings. The van der Waals surface area contributed by atoms with Crippen molar-refractivity contribution in [3.05, 3.63) is 0 Å². The minimum absolute atomic E-state index is 0.0344. The molecule has 0 spiro atoms. The first-order valence-electron chi connectivity index (χ1n) is 22.9. The summed E-state index contributed by atoms with van der Waals surface area (Å²) in [5.41, 5.74) is 0. The predicted octanol–water partition coefficient (Wildman–Crippen LogP) is 14.2. The SMILES string of the molecule is CC(C)CCC(CSC(=O)CCCCCCCCCC(CCCCCCCCCC(=O)SCC(CCC(C)C)C(C)C)OC(=O)CCCN(C)C)C(C)C. The number of rotatable bonds is 37. The van der Waals surface area contributed by atoms with Gasteiger partial charge < -0.3 is 9.64 Å². The van der Waals surface area contributed by atoms with Crippen LogP contribution in [0.15, 0.2) is 0 Å². The van der Waals surface area contributed by atoms with Crippen LogP contribution in [-0.2, 0) is 19.1 Å². The molecule has 320 valence electrons. The lowest BCUT2D eigenvalue weighted by Crippen LogP contribution is -2.20. The lowest BCUT2D eigenvalue weighted by Gasteiger charge is -2.21. The lowest BCUT2D eigenvalue weighted by atomic mass is 9.90. The van der Waals surface area contributed by atoms with Crippen molar-refractivity contribution in [3.8, 4) is 0 Å². The number of carbonyl (C=O) groups is 3. The third-order valence-electron chi connectivity index (χ3n) is 11.1. The van der Waals surface area contributed by atoms with Crippen LogP contribution in [0.2, 0.25) is 0 Å². The van der Waals surface area contributed by atoms with E-state index in [0.29, 0.717) is 40.3 Å². The van der Waals surface area contributed by atoms with Gasteiger partial charge in [-0.1, -0.05) is 156 Å². The van der Waals surface area contributed by atoms with Crippen molar-refractivity contribution in [2.45, 2.75) is 216 Å². The lowest BCUT2D eigenvalue weighted by molar-refractivity contribution is -0.150. The highest BCUT2D eigenvalue weighted by molar-refractivity contribution is 8.13. The summed E-state index contributed by atoms with van der Waals surface area (Å²) in [7, 11) is 4.09. The molecule has 0 aliphatic rings. The zero-order valence-corrected chi connectivity index (χ0v) is 39.2. The van der Waals surface area contributed by atoms with Gasteiger partial charge in [0.2, 0.25) is 0 Å². The Kier molecular flexibility index (Phi) is 35.3. The molecule has 2 unspecified atom stereocenters. The van der Waals surface area contributed by atoms with E-state index in [1.54, 1.807) is 23.5 Å². The Bertz CT molecular complexity index is 848. The molecule has 0 amide bonds. The van der Waals surface area contributed by atoms with Crippen LogP contribution in [0.25, 0.3) is 0 Å². The molecule has 7 heteroatoms. The molecule has 0 aliphatic carbocycles. The molecule has 0 rings (SSSR count). The maximum absolute atomic E-state index is 12.6. The highest BCUT2D eigenvalue weighted by Crippen LogP contribution is 2.27. The smallest absolute Gasteiger partial charge is 0.306 e. The molecule has 0 saturated carbocycles. The molecule has 0 aromatic heterocycles. The van der Waals surface area contributed by atoms with Crippen LogP contribution in [0, 0.1) is 35.5 Å². The fourth-order valence-corrected chi connectivity index (χ4v) is 9.43. The van der Waals surface area contributed by atoms with Gasteiger partial charge in [-0.3, -0.25) is 14.4 Å². The molecule has 0 radical (unpaired) electrons. The Morgan fingerprint density at radius 2 is 0.833 bits per heavy atom. The number of unbranched alkanes of at least 4 members (excludes halogenated alkanes) is 12. The van der Waals surface area contributed by atoms with E-state index in [1.165, 1.54) is 77.0 Å². The van der Waals surface area contributed by atoms with Gasteiger partial charge in [-0.05, 0) is 114 Å². The normalized spacial score (nSPS) is 13.8. The second-order valence-electron chi connectivity index (χ2n) is 18.4. The first-order chi connectivity index (χ1) is 25.7. The van der Waals surface area contributed by atoms with Crippen LogP contribution in [0.3, 0.4) is 0 Å². The summed E-state index contributed by atoms with van der Waals surface area (Å²) < 4.78 is 6.01. The van der Waals surface area contributed by atoms with E-state index in [0.717, 1.165) is 101 Å². The molecule has 54 heavy (non-hydrogen) atoms. The third kappa shape index (κ3) is 34.7. The van der Waals surface area contributed by atoms with E-state index in [1.807, 2.05) is 14.1 Å². The van der Waals surface area contributed by atoms with Crippen molar-refractivity contribution in [2.24, 2.45) is 35.5 Å². The molecule has 0 N–H and O–H groups in total. The molecule has 2 atom stereocenters. The molecular weight excluding hydrogens is 707 g/mol. The molecule has 5 nitrogen and oxygen atoms in total. The molecule has 0 aromatic carbocycles. The Morgan fingerprint density at radius 3 is 1.19 bits per heavy atom.